The van der Waals surface area contributed by atoms with E-state index in [9.17, 15) is 4.79 Å². The first kappa shape index (κ1) is 22.5. The van der Waals surface area contributed by atoms with E-state index in [1.807, 2.05) is 0 Å². The number of ether oxygens (including phenoxy) is 1. The number of methoxy groups -OCH3 is 1. The van der Waals surface area contributed by atoms with Crippen LogP contribution in [0.15, 0.2) is 6.07 Å². The standard InChI is InChI=1S/C24H39N5O2/c1-16(25)26-24(30)19-14-17-8-6-7-11-20(17)28-23(19)29-13-12-21(22(15-29)31-2)27-18-9-4-3-5-10-18/h14,16,18,21-22,27H,3-13,15,25H2,1-2H3,(H,26,30). The third-order valence-corrected chi connectivity index (χ3v) is 7.10. The Morgan fingerprint density at radius 2 is 1.97 bits per heavy atom. The maximum atomic E-state index is 13.0. The van der Waals surface area contributed by atoms with Crippen molar-refractivity contribution in [2.45, 2.75) is 95.5 Å². The van der Waals surface area contributed by atoms with E-state index in [1.54, 1.807) is 14.0 Å². The van der Waals surface area contributed by atoms with Crippen molar-refractivity contribution < 1.29 is 9.53 Å². The summed E-state index contributed by atoms with van der Waals surface area (Å²) in [6.45, 7) is 3.40. The van der Waals surface area contributed by atoms with Crippen LogP contribution >= 0.6 is 0 Å². The number of piperidine rings is 1. The number of amides is 1. The molecular formula is C24H39N5O2. The van der Waals surface area contributed by atoms with E-state index < -0.39 is 6.17 Å². The number of carbonyl (C=O) groups excluding carboxylic acids is 1. The lowest BCUT2D eigenvalue weighted by atomic mass is 9.92. The fourth-order valence-corrected chi connectivity index (χ4v) is 5.43. The van der Waals surface area contributed by atoms with Crippen LogP contribution in [0.4, 0.5) is 5.82 Å². The van der Waals surface area contributed by atoms with Crippen molar-refractivity contribution in [3.05, 3.63) is 22.9 Å². The molecule has 4 N–H and O–H groups in total. The molecule has 172 valence electrons. The van der Waals surface area contributed by atoms with Gasteiger partial charge in [0.2, 0.25) is 0 Å². The van der Waals surface area contributed by atoms with Crippen LogP contribution in [0.1, 0.15) is 79.9 Å². The predicted octanol–water partition coefficient (Wildman–Crippen LogP) is 2.51. The number of aryl methyl sites for hydroxylation is 2. The van der Waals surface area contributed by atoms with Gasteiger partial charge in [-0.3, -0.25) is 4.79 Å². The SMILES string of the molecule is COC1CN(c2nc3c(cc2C(=O)NC(C)N)CCCC3)CCC1NC1CCCCC1. The molecule has 1 aromatic heterocycles. The molecule has 4 rings (SSSR count). The first-order valence-electron chi connectivity index (χ1n) is 12.2. The zero-order valence-electron chi connectivity index (χ0n) is 19.2. The van der Waals surface area contributed by atoms with Gasteiger partial charge in [0.05, 0.1) is 17.8 Å². The largest absolute Gasteiger partial charge is 0.378 e. The van der Waals surface area contributed by atoms with Gasteiger partial charge in [0.1, 0.15) is 5.82 Å². The second-order valence-electron chi connectivity index (χ2n) is 9.55. The number of pyridine rings is 1. The van der Waals surface area contributed by atoms with E-state index in [2.05, 4.69) is 21.6 Å². The highest BCUT2D eigenvalue weighted by molar-refractivity contribution is 5.99. The number of nitrogens with one attached hydrogen (secondary N) is 2. The van der Waals surface area contributed by atoms with Crippen molar-refractivity contribution in [1.29, 1.82) is 0 Å². The van der Waals surface area contributed by atoms with E-state index in [0.29, 0.717) is 17.6 Å². The zero-order valence-corrected chi connectivity index (χ0v) is 19.2. The van der Waals surface area contributed by atoms with Crippen LogP contribution in [0.2, 0.25) is 0 Å². The van der Waals surface area contributed by atoms with Crippen molar-refractivity contribution in [3.8, 4) is 0 Å². The Labute approximate surface area is 186 Å². The van der Waals surface area contributed by atoms with Crippen LogP contribution in [-0.2, 0) is 17.6 Å². The topological polar surface area (TPSA) is 92.5 Å². The Bertz CT molecular complexity index is 763. The first-order chi connectivity index (χ1) is 15.0. The summed E-state index contributed by atoms with van der Waals surface area (Å²) in [6, 6.07) is 3.02. The van der Waals surface area contributed by atoms with Crippen molar-refractivity contribution in [3.63, 3.8) is 0 Å². The van der Waals surface area contributed by atoms with Gasteiger partial charge in [-0.25, -0.2) is 4.98 Å². The third-order valence-electron chi connectivity index (χ3n) is 7.10. The van der Waals surface area contributed by atoms with Crippen LogP contribution in [-0.4, -0.2) is 55.4 Å². The van der Waals surface area contributed by atoms with E-state index in [-0.39, 0.29) is 12.0 Å². The third kappa shape index (κ3) is 5.38. The molecule has 2 fully saturated rings. The molecule has 0 spiro atoms. The molecule has 0 radical (unpaired) electrons. The van der Waals surface area contributed by atoms with Crippen LogP contribution in [0.25, 0.3) is 0 Å². The van der Waals surface area contributed by atoms with Crippen LogP contribution in [0.5, 0.6) is 0 Å². The van der Waals surface area contributed by atoms with Gasteiger partial charge in [0.15, 0.2) is 0 Å². The summed E-state index contributed by atoms with van der Waals surface area (Å²) in [5.41, 5.74) is 8.86. The molecule has 7 heteroatoms. The number of anilines is 1. The Morgan fingerprint density at radius 3 is 2.71 bits per heavy atom. The predicted molar refractivity (Wildman–Crippen MR) is 123 cm³/mol. The van der Waals surface area contributed by atoms with Gasteiger partial charge in [-0.2, -0.15) is 0 Å². The monoisotopic (exact) mass is 429 g/mol. The molecule has 0 bridgehead atoms. The minimum atomic E-state index is -0.395. The quantitative estimate of drug-likeness (QED) is 0.602. The zero-order chi connectivity index (χ0) is 21.8. The van der Waals surface area contributed by atoms with Gasteiger partial charge in [-0.05, 0) is 63.5 Å². The number of nitrogens with zero attached hydrogens (tertiary/aromatic N) is 2. The van der Waals surface area contributed by atoms with Crippen molar-refractivity contribution in [1.82, 2.24) is 15.6 Å². The molecule has 1 saturated carbocycles. The number of aromatic nitrogens is 1. The molecule has 0 aromatic carbocycles. The Hall–Kier alpha value is -1.70. The molecule has 1 aliphatic heterocycles. The summed E-state index contributed by atoms with van der Waals surface area (Å²) in [7, 11) is 1.80. The molecule has 3 atom stereocenters. The minimum Gasteiger partial charge on any atom is -0.378 e. The molecule has 1 aromatic rings. The summed E-state index contributed by atoms with van der Waals surface area (Å²) in [6.07, 6.45) is 11.5. The van der Waals surface area contributed by atoms with E-state index in [4.69, 9.17) is 15.5 Å². The van der Waals surface area contributed by atoms with Crippen LogP contribution in [0.3, 0.4) is 0 Å². The average Bonchev–Trinajstić information content (AvgIpc) is 2.78. The van der Waals surface area contributed by atoms with Gasteiger partial charge in [0, 0.05) is 38.0 Å². The molecule has 2 aliphatic carbocycles. The molecule has 7 nitrogen and oxygen atoms in total. The molecule has 2 heterocycles. The van der Waals surface area contributed by atoms with Crippen molar-refractivity contribution >= 4 is 11.7 Å². The molecule has 3 aliphatic rings. The maximum Gasteiger partial charge on any atom is 0.256 e. The maximum absolute atomic E-state index is 13.0. The van der Waals surface area contributed by atoms with Gasteiger partial charge in [-0.15, -0.1) is 0 Å². The summed E-state index contributed by atoms with van der Waals surface area (Å²) in [4.78, 5) is 20.3. The minimum absolute atomic E-state index is 0.0813. The highest BCUT2D eigenvalue weighted by Gasteiger charge is 2.34. The van der Waals surface area contributed by atoms with E-state index in [0.717, 1.165) is 50.3 Å². The average molecular weight is 430 g/mol. The smallest absolute Gasteiger partial charge is 0.256 e. The fraction of sp³-hybridized carbons (Fsp3) is 0.750. The molecule has 3 unspecified atom stereocenters. The van der Waals surface area contributed by atoms with Crippen LogP contribution < -0.4 is 21.3 Å². The van der Waals surface area contributed by atoms with E-state index in [1.165, 1.54) is 44.1 Å². The number of nitrogens with two attached hydrogens (primary N) is 1. The van der Waals surface area contributed by atoms with Crippen molar-refractivity contribution in [2.75, 3.05) is 25.1 Å². The second-order valence-corrected chi connectivity index (χ2v) is 9.55. The normalized spacial score (nSPS) is 25.7. The summed E-state index contributed by atoms with van der Waals surface area (Å²) < 4.78 is 5.92. The number of hydrogen-bond acceptors (Lipinski definition) is 6. The second kappa shape index (κ2) is 10.3. The van der Waals surface area contributed by atoms with E-state index >= 15 is 0 Å². The highest BCUT2D eigenvalue weighted by Crippen LogP contribution is 2.30. The molecule has 1 saturated heterocycles. The Balaban J connectivity index is 1.54. The highest BCUT2D eigenvalue weighted by atomic mass is 16.5. The summed E-state index contributed by atoms with van der Waals surface area (Å²) in [5, 5.41) is 6.74. The first-order valence-corrected chi connectivity index (χ1v) is 12.2. The lowest BCUT2D eigenvalue weighted by Gasteiger charge is -2.41. The molecule has 1 amide bonds. The van der Waals surface area contributed by atoms with Gasteiger partial charge >= 0.3 is 0 Å². The Morgan fingerprint density at radius 1 is 1.19 bits per heavy atom. The number of fused-ring (bicyclic) bond motifs is 1. The van der Waals surface area contributed by atoms with Crippen LogP contribution in [0, 0.1) is 0 Å². The number of carbonyl (C=O) groups is 1. The van der Waals surface area contributed by atoms with Gasteiger partial charge < -0.3 is 26.0 Å². The number of rotatable bonds is 6. The summed E-state index contributed by atoms with van der Waals surface area (Å²) >= 11 is 0. The molecule has 31 heavy (non-hydrogen) atoms. The fourth-order valence-electron chi connectivity index (χ4n) is 5.43. The molecular weight excluding hydrogens is 390 g/mol. The van der Waals surface area contributed by atoms with Crippen molar-refractivity contribution in [2.24, 2.45) is 5.73 Å². The van der Waals surface area contributed by atoms with Gasteiger partial charge in [0.25, 0.3) is 5.91 Å². The lowest BCUT2D eigenvalue weighted by molar-refractivity contribution is 0.0533. The Kier molecular flexibility index (Phi) is 7.46. The summed E-state index contributed by atoms with van der Waals surface area (Å²) in [5.74, 6) is 0.652. The number of hydrogen-bond donors (Lipinski definition) is 3. The van der Waals surface area contributed by atoms with Gasteiger partial charge in [-0.1, -0.05) is 19.3 Å². The lowest BCUT2D eigenvalue weighted by Crippen LogP contribution is -2.56.